The minimum atomic E-state index is -2.61. The van der Waals surface area contributed by atoms with Crippen LogP contribution in [0, 0.1) is 16.6 Å². The van der Waals surface area contributed by atoms with Gasteiger partial charge in [0.25, 0.3) is 6.43 Å². The van der Waals surface area contributed by atoms with Crippen molar-refractivity contribution in [1.29, 1.82) is 0 Å². The molecule has 1 heterocycles. The average molecular weight is 539 g/mol. The summed E-state index contributed by atoms with van der Waals surface area (Å²) in [6.07, 6.45) is -0.673. The van der Waals surface area contributed by atoms with Crippen LogP contribution >= 0.6 is 34.4 Å². The van der Waals surface area contributed by atoms with Crippen LogP contribution in [0.15, 0.2) is 29.1 Å². The summed E-state index contributed by atoms with van der Waals surface area (Å²) in [5.41, 5.74) is 1.46. The minimum Gasteiger partial charge on any atom is -0.483 e. The molecule has 2 rings (SSSR count). The van der Waals surface area contributed by atoms with Crippen LogP contribution in [0.25, 0.3) is 11.3 Å². The maximum atomic E-state index is 12.8. The molecule has 3 nitrogen and oxygen atoms in total. The van der Waals surface area contributed by atoms with Crippen LogP contribution in [-0.2, 0) is 39.3 Å². The number of halogens is 3. The Morgan fingerprint density at radius 3 is 2.71 bits per heavy atom. The molecular formula is C16H15F2INO2SY-. The van der Waals surface area contributed by atoms with E-state index in [-0.39, 0.29) is 32.7 Å². The van der Waals surface area contributed by atoms with E-state index in [1.54, 1.807) is 23.9 Å². The largest absolute Gasteiger partial charge is 0.483 e. The topological polar surface area (TPSA) is 31.2 Å². The molecule has 1 aromatic carbocycles. The zero-order chi connectivity index (χ0) is 17.0. The molecule has 0 bridgehead atoms. The van der Waals surface area contributed by atoms with Gasteiger partial charge in [0.15, 0.2) is 0 Å². The molecule has 2 aromatic rings. The Morgan fingerprint density at radius 1 is 1.42 bits per heavy atom. The predicted molar refractivity (Wildman–Crippen MR) is 97.4 cm³/mol. The third-order valence-corrected chi connectivity index (χ3v) is 4.30. The molecule has 0 amide bonds. The first-order chi connectivity index (χ1) is 10.9. The van der Waals surface area contributed by atoms with Gasteiger partial charge in [0.2, 0.25) is 5.56 Å². The maximum absolute atomic E-state index is 12.8. The van der Waals surface area contributed by atoms with E-state index in [0.29, 0.717) is 26.5 Å². The number of hydrogen-bond acceptors (Lipinski definition) is 3. The summed E-state index contributed by atoms with van der Waals surface area (Å²) in [4.78, 5) is 12.2. The van der Waals surface area contributed by atoms with Crippen LogP contribution in [0.5, 0.6) is 5.75 Å². The van der Waals surface area contributed by atoms with Gasteiger partial charge in [-0.2, -0.15) is 12.1 Å². The van der Waals surface area contributed by atoms with Crippen molar-refractivity contribution in [3.63, 3.8) is 0 Å². The molecule has 0 saturated carbocycles. The van der Waals surface area contributed by atoms with Crippen molar-refractivity contribution in [2.24, 2.45) is 0 Å². The Labute approximate surface area is 182 Å². The summed E-state index contributed by atoms with van der Waals surface area (Å²) < 4.78 is 32.6. The Bertz CT molecular complexity index is 755. The second kappa shape index (κ2) is 10.2. The summed E-state index contributed by atoms with van der Waals surface area (Å²) in [5, 5.41) is 0. The Kier molecular flexibility index (Phi) is 9.40. The molecule has 24 heavy (non-hydrogen) atoms. The van der Waals surface area contributed by atoms with E-state index in [4.69, 9.17) is 4.74 Å². The van der Waals surface area contributed by atoms with Gasteiger partial charge >= 0.3 is 0 Å². The van der Waals surface area contributed by atoms with E-state index >= 15 is 0 Å². The quantitative estimate of drug-likeness (QED) is 0.314. The zero-order valence-electron chi connectivity index (χ0n) is 13.2. The molecule has 1 aromatic heterocycles. The fraction of sp³-hybridized carbons (Fsp3) is 0.312. The molecule has 1 radical (unpaired) electrons. The molecule has 0 saturated heterocycles. The third-order valence-electron chi connectivity index (χ3n) is 3.17. The number of aromatic nitrogens is 1. The van der Waals surface area contributed by atoms with Gasteiger partial charge in [-0.25, -0.2) is 8.78 Å². The van der Waals surface area contributed by atoms with E-state index < -0.39 is 18.5 Å². The number of alkyl halides is 2. The van der Waals surface area contributed by atoms with Crippen molar-refractivity contribution in [2.75, 3.05) is 12.2 Å². The number of thioether (sulfide) groups is 1. The summed E-state index contributed by atoms with van der Waals surface area (Å²) in [6, 6.07) is 9.84. The fourth-order valence-electron chi connectivity index (χ4n) is 2.16. The van der Waals surface area contributed by atoms with Crippen LogP contribution in [0.2, 0.25) is 0 Å². The number of hydrogen-bond donors (Lipinski definition) is 0. The van der Waals surface area contributed by atoms with Gasteiger partial charge in [-0.3, -0.25) is 4.79 Å². The first-order valence-electron chi connectivity index (χ1n) is 6.76. The first-order valence-corrected chi connectivity index (χ1v) is 9.23. The van der Waals surface area contributed by atoms with E-state index in [2.05, 4.69) is 6.07 Å². The van der Waals surface area contributed by atoms with Crippen molar-refractivity contribution in [3.8, 4) is 17.0 Å². The maximum Gasteiger partial charge on any atom is 0.256 e. The summed E-state index contributed by atoms with van der Waals surface area (Å²) in [7, 11) is 0. The van der Waals surface area contributed by atoms with Crippen LogP contribution < -0.4 is 10.3 Å². The smallest absolute Gasteiger partial charge is 0.256 e. The average Bonchev–Trinajstić information content (AvgIpc) is 2.50. The molecule has 0 aliphatic rings. The molecule has 0 fully saturated rings. The van der Waals surface area contributed by atoms with Crippen molar-refractivity contribution < 1.29 is 46.2 Å². The summed E-state index contributed by atoms with van der Waals surface area (Å²) in [5.74, 6) is 1.23. The van der Waals surface area contributed by atoms with E-state index in [1.165, 1.54) is 6.07 Å². The van der Waals surface area contributed by atoms with Gasteiger partial charge < -0.3 is 9.30 Å². The molecule has 0 aliphatic heterocycles. The molecule has 0 aliphatic carbocycles. The first kappa shape index (κ1) is 22.1. The van der Waals surface area contributed by atoms with Gasteiger partial charge in [-0.15, -0.1) is 40.4 Å². The van der Waals surface area contributed by atoms with Crippen molar-refractivity contribution in [3.05, 3.63) is 49.8 Å². The monoisotopic (exact) mass is 539 g/mol. The zero-order valence-corrected chi connectivity index (χ0v) is 19.0. The van der Waals surface area contributed by atoms with Crippen LogP contribution in [0.1, 0.15) is 5.56 Å². The number of aryl methyl sites for hydroxylation is 1. The van der Waals surface area contributed by atoms with E-state index in [0.717, 1.165) is 10.1 Å². The second-order valence-electron chi connectivity index (χ2n) is 4.82. The minimum absolute atomic E-state index is 0. The van der Waals surface area contributed by atoms with Gasteiger partial charge in [0.05, 0.1) is 6.54 Å². The molecule has 0 N–H and O–H groups in total. The van der Waals surface area contributed by atoms with Gasteiger partial charge in [-0.05, 0) is 22.0 Å². The SMILES string of the molecule is CSCOc1ccc(-c2[c-]cc(I)c(=O)n2CC(F)F)c(C)c1.[Y]. The van der Waals surface area contributed by atoms with Gasteiger partial charge in [0, 0.05) is 32.7 Å². The van der Waals surface area contributed by atoms with Crippen LogP contribution in [0.3, 0.4) is 0 Å². The number of ether oxygens (including phenoxy) is 1. The molecule has 0 atom stereocenters. The van der Waals surface area contributed by atoms with Crippen molar-refractivity contribution in [2.45, 2.75) is 19.9 Å². The van der Waals surface area contributed by atoms with Crippen molar-refractivity contribution >= 4 is 34.4 Å². The predicted octanol–water partition coefficient (Wildman–Crippen LogP) is 4.19. The number of nitrogens with zero attached hydrogens (tertiary/aromatic N) is 1. The number of rotatable bonds is 6. The summed E-state index contributed by atoms with van der Waals surface area (Å²) >= 11 is 3.39. The van der Waals surface area contributed by atoms with E-state index in [1.807, 2.05) is 41.8 Å². The van der Waals surface area contributed by atoms with Gasteiger partial charge in [0.1, 0.15) is 11.7 Å². The Balaban J connectivity index is 0.00000288. The number of benzene rings is 1. The molecule has 0 unspecified atom stereocenters. The van der Waals surface area contributed by atoms with Crippen molar-refractivity contribution in [1.82, 2.24) is 4.57 Å². The molecule has 8 heteroatoms. The Hall–Kier alpha value is 0.0139. The normalized spacial score (nSPS) is 10.6. The second-order valence-corrected chi connectivity index (χ2v) is 6.79. The van der Waals surface area contributed by atoms with Gasteiger partial charge in [-0.1, -0.05) is 23.7 Å². The van der Waals surface area contributed by atoms with Crippen LogP contribution in [-0.4, -0.2) is 23.2 Å². The molecular weight excluding hydrogens is 524 g/mol. The van der Waals surface area contributed by atoms with Crippen LogP contribution in [0.4, 0.5) is 8.78 Å². The third kappa shape index (κ3) is 5.51. The Morgan fingerprint density at radius 2 is 2.12 bits per heavy atom. The number of pyridine rings is 1. The van der Waals surface area contributed by atoms with E-state index in [9.17, 15) is 13.6 Å². The summed E-state index contributed by atoms with van der Waals surface area (Å²) in [6.45, 7) is 1.20. The standard InChI is InChI=1S/C16H15F2INO2S.Y/c1-10-7-11(22-9-23-2)3-4-12(10)14-6-5-13(19)16(21)20(14)8-15(17)18;/h3-5,7,15H,8-9H2,1-2H3;/q-1;. The molecule has 127 valence electrons. The molecule has 0 spiro atoms. The fourth-order valence-corrected chi connectivity index (χ4v) is 2.86.